The Labute approximate surface area is 123 Å². The number of epoxide rings is 1. The third-order valence-electron chi connectivity index (χ3n) is 5.15. The second-order valence-electron chi connectivity index (χ2n) is 6.24. The van der Waals surface area contributed by atoms with E-state index in [1.807, 2.05) is 20.8 Å². The van der Waals surface area contributed by atoms with Gasteiger partial charge < -0.3 is 18.0 Å². The van der Waals surface area contributed by atoms with Gasteiger partial charge >= 0.3 is 8.80 Å². The van der Waals surface area contributed by atoms with E-state index in [1.165, 1.54) is 19.3 Å². The van der Waals surface area contributed by atoms with E-state index in [1.54, 1.807) is 0 Å². The molecule has 20 heavy (non-hydrogen) atoms. The monoisotopic (exact) mass is 300 g/mol. The SMILES string of the molecule is CCO[Si](CCC1CC2CC1C1OC21)(OCC)OCC. The van der Waals surface area contributed by atoms with E-state index in [4.69, 9.17) is 18.0 Å². The van der Waals surface area contributed by atoms with Crippen molar-refractivity contribution in [1.29, 1.82) is 0 Å². The molecule has 0 amide bonds. The van der Waals surface area contributed by atoms with Crippen LogP contribution in [0.2, 0.25) is 6.04 Å². The molecule has 0 aromatic heterocycles. The topological polar surface area (TPSA) is 40.2 Å². The van der Waals surface area contributed by atoms with Crippen LogP contribution in [0.1, 0.15) is 40.0 Å². The van der Waals surface area contributed by atoms with E-state index in [2.05, 4.69) is 0 Å². The van der Waals surface area contributed by atoms with Gasteiger partial charge in [-0.3, -0.25) is 0 Å². The molecule has 4 nitrogen and oxygen atoms in total. The summed E-state index contributed by atoms with van der Waals surface area (Å²) >= 11 is 0. The predicted octanol–water partition coefficient (Wildman–Crippen LogP) is 2.85. The van der Waals surface area contributed by atoms with Crippen molar-refractivity contribution in [1.82, 2.24) is 0 Å². The third kappa shape index (κ3) is 2.71. The highest BCUT2D eigenvalue weighted by atomic mass is 28.4. The molecule has 3 fully saturated rings. The minimum absolute atomic E-state index is 0.598. The Morgan fingerprint density at radius 1 is 0.950 bits per heavy atom. The largest absolute Gasteiger partial charge is 0.500 e. The molecule has 0 N–H and O–H groups in total. The Bertz CT molecular complexity index is 321. The zero-order chi connectivity index (χ0) is 14.2. The highest BCUT2D eigenvalue weighted by Crippen LogP contribution is 2.60. The van der Waals surface area contributed by atoms with Crippen molar-refractivity contribution in [2.75, 3.05) is 19.8 Å². The molecule has 1 heterocycles. The van der Waals surface area contributed by atoms with Gasteiger partial charge in [-0.1, -0.05) is 0 Å². The molecule has 5 unspecified atom stereocenters. The molecule has 0 aromatic carbocycles. The molecule has 0 aromatic rings. The Morgan fingerprint density at radius 3 is 2.10 bits per heavy atom. The van der Waals surface area contributed by atoms with Crippen LogP contribution >= 0.6 is 0 Å². The van der Waals surface area contributed by atoms with Crippen molar-refractivity contribution in [2.24, 2.45) is 17.8 Å². The van der Waals surface area contributed by atoms with Crippen molar-refractivity contribution < 1.29 is 18.0 Å². The summed E-state index contributed by atoms with van der Waals surface area (Å²) in [5, 5.41) is 0. The Morgan fingerprint density at radius 2 is 1.60 bits per heavy atom. The average Bonchev–Trinajstić information content (AvgIpc) is 3.04. The van der Waals surface area contributed by atoms with E-state index < -0.39 is 8.80 Å². The lowest BCUT2D eigenvalue weighted by atomic mass is 9.87. The first-order valence-electron chi connectivity index (χ1n) is 8.30. The smallest absolute Gasteiger partial charge is 0.374 e. The fourth-order valence-corrected chi connectivity index (χ4v) is 7.15. The Kier molecular flexibility index (Phi) is 4.53. The van der Waals surface area contributed by atoms with Crippen molar-refractivity contribution in [2.45, 2.75) is 58.3 Å². The van der Waals surface area contributed by atoms with E-state index in [0.29, 0.717) is 32.0 Å². The second-order valence-corrected chi connectivity index (χ2v) is 8.97. The highest BCUT2D eigenvalue weighted by Gasteiger charge is 2.63. The summed E-state index contributed by atoms with van der Waals surface area (Å²) in [6, 6.07) is 0.966. The molecular weight excluding hydrogens is 272 g/mol. The van der Waals surface area contributed by atoms with Gasteiger partial charge in [0.05, 0.1) is 12.2 Å². The zero-order valence-corrected chi connectivity index (χ0v) is 14.0. The summed E-state index contributed by atoms with van der Waals surface area (Å²) in [7, 11) is -2.44. The molecule has 5 atom stereocenters. The van der Waals surface area contributed by atoms with Crippen LogP contribution in [0.5, 0.6) is 0 Å². The van der Waals surface area contributed by atoms with E-state index in [-0.39, 0.29) is 0 Å². The van der Waals surface area contributed by atoms with Gasteiger partial charge in [-0.05, 0) is 57.8 Å². The molecule has 5 heteroatoms. The normalized spacial score (nSPS) is 38.2. The van der Waals surface area contributed by atoms with Crippen molar-refractivity contribution in [3.05, 3.63) is 0 Å². The molecule has 3 aliphatic rings. The number of hydrogen-bond donors (Lipinski definition) is 0. The summed E-state index contributed by atoms with van der Waals surface area (Å²) in [5.41, 5.74) is 0. The average molecular weight is 300 g/mol. The van der Waals surface area contributed by atoms with Gasteiger partial charge in [-0.2, -0.15) is 0 Å². The molecule has 116 valence electrons. The maximum absolute atomic E-state index is 5.95. The first-order chi connectivity index (χ1) is 9.73. The van der Waals surface area contributed by atoms with Gasteiger partial charge in [0, 0.05) is 25.9 Å². The fourth-order valence-electron chi connectivity index (χ4n) is 4.43. The van der Waals surface area contributed by atoms with E-state index >= 15 is 0 Å². The van der Waals surface area contributed by atoms with Crippen LogP contribution in [-0.2, 0) is 18.0 Å². The first-order valence-corrected chi connectivity index (χ1v) is 10.2. The first kappa shape index (κ1) is 15.0. The molecule has 3 rings (SSSR count). The molecule has 2 aliphatic carbocycles. The van der Waals surface area contributed by atoms with Gasteiger partial charge in [-0.25, -0.2) is 0 Å². The Balaban J connectivity index is 1.55. The molecule has 0 spiro atoms. The highest BCUT2D eigenvalue weighted by molar-refractivity contribution is 6.60. The number of rotatable bonds is 9. The van der Waals surface area contributed by atoms with Gasteiger partial charge in [-0.15, -0.1) is 0 Å². The number of fused-ring (bicyclic) bond motifs is 5. The lowest BCUT2D eigenvalue weighted by Gasteiger charge is -2.30. The van der Waals surface area contributed by atoms with Gasteiger partial charge in [0.15, 0.2) is 0 Å². The van der Waals surface area contributed by atoms with Crippen LogP contribution in [0, 0.1) is 17.8 Å². The third-order valence-corrected chi connectivity index (χ3v) is 8.23. The zero-order valence-electron chi connectivity index (χ0n) is 13.0. The van der Waals surface area contributed by atoms with Gasteiger partial charge in [0.1, 0.15) is 0 Å². The maximum atomic E-state index is 5.95. The minimum atomic E-state index is -2.44. The van der Waals surface area contributed by atoms with Crippen molar-refractivity contribution in [3.8, 4) is 0 Å². The lowest BCUT2D eigenvalue weighted by molar-refractivity contribution is 0.0687. The van der Waals surface area contributed by atoms with Crippen LogP contribution in [-0.4, -0.2) is 40.8 Å². The van der Waals surface area contributed by atoms with E-state index in [0.717, 1.165) is 23.8 Å². The summed E-state index contributed by atoms with van der Waals surface area (Å²) in [6.45, 7) is 8.12. The molecule has 2 saturated carbocycles. The van der Waals surface area contributed by atoms with Crippen LogP contribution in [0.3, 0.4) is 0 Å². The van der Waals surface area contributed by atoms with Crippen molar-refractivity contribution in [3.63, 3.8) is 0 Å². The molecular formula is C15H28O4Si. The molecule has 1 saturated heterocycles. The lowest BCUT2D eigenvalue weighted by Crippen LogP contribution is -2.46. The summed E-state index contributed by atoms with van der Waals surface area (Å²) in [6.07, 6.45) is 5.15. The van der Waals surface area contributed by atoms with Crippen LogP contribution in [0.4, 0.5) is 0 Å². The summed E-state index contributed by atoms with van der Waals surface area (Å²) in [4.78, 5) is 0. The Hall–Kier alpha value is 0.0569. The van der Waals surface area contributed by atoms with Crippen LogP contribution < -0.4 is 0 Å². The quantitative estimate of drug-likeness (QED) is 0.485. The van der Waals surface area contributed by atoms with Crippen LogP contribution in [0.25, 0.3) is 0 Å². The van der Waals surface area contributed by atoms with E-state index in [9.17, 15) is 0 Å². The standard InChI is InChI=1S/C15H28O4Si/c1-4-16-20(17-5-2,18-6-3)8-7-11-9-12-10-13(11)15-14(12)19-15/h11-15H,4-10H2,1-3H3. The minimum Gasteiger partial charge on any atom is -0.374 e. The number of hydrogen-bond acceptors (Lipinski definition) is 4. The molecule has 2 bridgehead atoms. The van der Waals surface area contributed by atoms with Gasteiger partial charge in [0.25, 0.3) is 0 Å². The molecule has 0 radical (unpaired) electrons. The van der Waals surface area contributed by atoms with Crippen molar-refractivity contribution >= 4 is 8.80 Å². The molecule has 1 aliphatic heterocycles. The maximum Gasteiger partial charge on any atom is 0.500 e. The second kappa shape index (κ2) is 6.05. The van der Waals surface area contributed by atoms with Crippen LogP contribution in [0.15, 0.2) is 0 Å². The summed E-state index contributed by atoms with van der Waals surface area (Å²) in [5.74, 6) is 2.45. The van der Waals surface area contributed by atoms with Gasteiger partial charge in [0.2, 0.25) is 0 Å². The summed E-state index contributed by atoms with van der Waals surface area (Å²) < 4.78 is 23.6. The fraction of sp³-hybridized carbons (Fsp3) is 1.00. The predicted molar refractivity (Wildman–Crippen MR) is 78.4 cm³/mol. The number of ether oxygens (including phenoxy) is 1.